The lowest BCUT2D eigenvalue weighted by molar-refractivity contribution is 0.578. The van der Waals surface area contributed by atoms with E-state index in [2.05, 4.69) is 20.5 Å². The lowest BCUT2D eigenvalue weighted by atomic mass is 10.1. The number of aromatic nitrogens is 5. The molecule has 0 aliphatic rings. The number of aryl methyl sites for hydroxylation is 1. The Bertz CT molecular complexity index is 1260. The summed E-state index contributed by atoms with van der Waals surface area (Å²) < 4.78 is 7.58. The molecule has 8 nitrogen and oxygen atoms in total. The Labute approximate surface area is 181 Å². The number of hydrogen-bond acceptors (Lipinski definition) is 7. The van der Waals surface area contributed by atoms with E-state index in [4.69, 9.17) is 9.40 Å². The molecule has 0 fully saturated rings. The quantitative estimate of drug-likeness (QED) is 0.507. The van der Waals surface area contributed by atoms with E-state index in [-0.39, 0.29) is 13.0 Å². The molecular weight excluding hydrogens is 392 g/mol. The van der Waals surface area contributed by atoms with Crippen molar-refractivity contribution in [1.82, 2.24) is 30.0 Å². The van der Waals surface area contributed by atoms with Crippen LogP contribution in [0.5, 0.6) is 0 Å². The van der Waals surface area contributed by atoms with Crippen LogP contribution in [0.3, 0.4) is 0 Å². The average Bonchev–Trinajstić information content (AvgIpc) is 3.25. The van der Waals surface area contributed by atoms with E-state index in [1.165, 1.54) is 5.56 Å². The minimum absolute atomic E-state index is 0. The number of benzene rings is 1. The molecule has 0 bridgehead atoms. The van der Waals surface area contributed by atoms with E-state index in [1.807, 2.05) is 52.1 Å². The second kappa shape index (κ2) is 8.61. The minimum Gasteiger partial charge on any atom is -0.415 e. The number of nitrogens with zero attached hydrogens (tertiary/aromatic N) is 5. The zero-order valence-corrected chi connectivity index (χ0v) is 18.0. The van der Waals surface area contributed by atoms with Crippen LogP contribution in [0, 0.1) is 6.92 Å². The molecule has 0 unspecified atom stereocenters. The van der Waals surface area contributed by atoms with E-state index in [1.54, 1.807) is 29.1 Å². The second-order valence-corrected chi connectivity index (χ2v) is 7.59. The molecule has 0 aliphatic carbocycles. The number of pyridine rings is 1. The summed E-state index contributed by atoms with van der Waals surface area (Å²) in [6.07, 6.45) is 3.48. The topological polar surface area (TPSA) is 98.7 Å². The zero-order valence-electron chi connectivity index (χ0n) is 18.0. The van der Waals surface area contributed by atoms with Crippen LogP contribution in [0.4, 0.5) is 0 Å². The Morgan fingerprint density at radius 1 is 1.06 bits per heavy atom. The molecule has 0 aliphatic heterocycles. The summed E-state index contributed by atoms with van der Waals surface area (Å²) in [5.74, 6) is 0.726. The van der Waals surface area contributed by atoms with Crippen molar-refractivity contribution in [1.29, 1.82) is 0 Å². The highest BCUT2D eigenvalue weighted by Crippen LogP contribution is 2.26. The van der Waals surface area contributed by atoms with Crippen molar-refractivity contribution in [2.75, 3.05) is 7.05 Å². The fourth-order valence-corrected chi connectivity index (χ4v) is 3.25. The maximum Gasteiger partial charge on any atom is 0.268 e. The Morgan fingerprint density at radius 3 is 2.48 bits per heavy atom. The largest absolute Gasteiger partial charge is 0.415 e. The highest BCUT2D eigenvalue weighted by Gasteiger charge is 2.16. The predicted octanol–water partition coefficient (Wildman–Crippen LogP) is 3.88. The van der Waals surface area contributed by atoms with Gasteiger partial charge in [-0.15, -0.1) is 10.2 Å². The van der Waals surface area contributed by atoms with Crippen molar-refractivity contribution in [3.63, 3.8) is 0 Å². The van der Waals surface area contributed by atoms with Gasteiger partial charge < -0.3 is 14.3 Å². The van der Waals surface area contributed by atoms with Crippen LogP contribution < -0.4 is 10.9 Å². The van der Waals surface area contributed by atoms with E-state index in [0.717, 1.165) is 17.7 Å². The molecular formula is C23H26N6O2. The van der Waals surface area contributed by atoms with Crippen molar-refractivity contribution in [3.05, 3.63) is 70.4 Å². The normalized spacial score (nSPS) is 11.3. The van der Waals surface area contributed by atoms with Crippen LogP contribution in [0.1, 0.15) is 32.6 Å². The fraction of sp³-hybridized carbons (Fsp3) is 0.261. The van der Waals surface area contributed by atoms with Crippen molar-refractivity contribution in [2.24, 2.45) is 0 Å². The van der Waals surface area contributed by atoms with Gasteiger partial charge in [0.2, 0.25) is 5.89 Å². The maximum absolute atomic E-state index is 12.1. The number of rotatable bonds is 6. The van der Waals surface area contributed by atoms with Crippen LogP contribution in [-0.4, -0.2) is 31.8 Å². The highest BCUT2D eigenvalue weighted by atomic mass is 16.4. The summed E-state index contributed by atoms with van der Waals surface area (Å²) in [5, 5.41) is 11.5. The van der Waals surface area contributed by atoms with Crippen molar-refractivity contribution >= 4 is 0 Å². The molecule has 1 aromatic carbocycles. The molecule has 3 aromatic heterocycles. The van der Waals surface area contributed by atoms with Gasteiger partial charge in [-0.1, -0.05) is 12.1 Å². The van der Waals surface area contributed by atoms with Crippen LogP contribution in [0.15, 0.2) is 58.0 Å². The van der Waals surface area contributed by atoms with Gasteiger partial charge in [-0.3, -0.25) is 9.78 Å². The van der Waals surface area contributed by atoms with Crippen molar-refractivity contribution < 1.29 is 5.84 Å². The molecule has 160 valence electrons. The summed E-state index contributed by atoms with van der Waals surface area (Å²) in [6, 6.07) is 11.3. The third kappa shape index (κ3) is 4.29. The van der Waals surface area contributed by atoms with Gasteiger partial charge in [-0.2, -0.15) is 0 Å². The molecule has 0 spiro atoms. The average molecular weight is 419 g/mol. The summed E-state index contributed by atoms with van der Waals surface area (Å²) in [5.41, 5.74) is 4.58. The maximum atomic E-state index is 12.1. The third-order valence-corrected chi connectivity index (χ3v) is 4.96. The number of nitrogens with one attached hydrogen (secondary N) is 1. The first kappa shape index (κ1) is 20.6. The Hall–Kier alpha value is -3.65. The smallest absolute Gasteiger partial charge is 0.268 e. The van der Waals surface area contributed by atoms with Gasteiger partial charge in [0.05, 0.1) is 17.6 Å². The summed E-state index contributed by atoms with van der Waals surface area (Å²) in [4.78, 5) is 21.2. The lowest BCUT2D eigenvalue weighted by Gasteiger charge is -2.11. The zero-order chi connectivity index (χ0) is 22.0. The van der Waals surface area contributed by atoms with Crippen molar-refractivity contribution in [2.45, 2.75) is 33.4 Å². The molecule has 0 amide bonds. The van der Waals surface area contributed by atoms with Crippen molar-refractivity contribution in [3.8, 4) is 34.3 Å². The molecule has 0 saturated carbocycles. The molecule has 0 atom stereocenters. The van der Waals surface area contributed by atoms with Gasteiger partial charge in [0, 0.05) is 37.4 Å². The highest BCUT2D eigenvalue weighted by molar-refractivity contribution is 5.62. The van der Waals surface area contributed by atoms with Gasteiger partial charge in [0.1, 0.15) is 5.69 Å². The monoisotopic (exact) mass is 418 g/mol. The van der Waals surface area contributed by atoms with E-state index >= 15 is 0 Å². The first-order valence-corrected chi connectivity index (χ1v) is 10.1. The molecule has 8 heteroatoms. The van der Waals surface area contributed by atoms with Crippen LogP contribution in [0.2, 0.25) is 0 Å². The minimum atomic E-state index is -0.0543. The van der Waals surface area contributed by atoms with Crippen LogP contribution >= 0.6 is 0 Å². The standard InChI is InChI=1S/C23H24N6O2.H2/c1-14(2)29-13-18(9-10-20(29)30)19-12-25-15(3)21(26-19)23-28-27-22(31-23)17-7-5-16(6-8-17)11-24-4;/h5-10,12-14,24H,11H2,1-4H3;1H. The molecule has 3 heterocycles. The van der Waals surface area contributed by atoms with Gasteiger partial charge in [-0.05, 0) is 51.6 Å². The first-order valence-electron chi connectivity index (χ1n) is 10.1. The molecule has 1 N–H and O–H groups in total. The Balaban J connectivity index is 0.00000289. The second-order valence-electron chi connectivity index (χ2n) is 7.59. The summed E-state index contributed by atoms with van der Waals surface area (Å²) in [7, 11) is 1.91. The Morgan fingerprint density at radius 2 is 1.77 bits per heavy atom. The fourth-order valence-electron chi connectivity index (χ4n) is 3.25. The van der Waals surface area contributed by atoms with Crippen LogP contribution in [0.25, 0.3) is 34.3 Å². The molecule has 4 rings (SSSR count). The molecule has 0 radical (unpaired) electrons. The summed E-state index contributed by atoms with van der Waals surface area (Å²) >= 11 is 0. The molecule has 0 saturated heterocycles. The molecule has 4 aromatic rings. The number of hydrogen-bond donors (Lipinski definition) is 1. The van der Waals surface area contributed by atoms with E-state index in [9.17, 15) is 4.79 Å². The van der Waals surface area contributed by atoms with E-state index < -0.39 is 0 Å². The predicted molar refractivity (Wildman–Crippen MR) is 120 cm³/mol. The van der Waals surface area contributed by atoms with E-state index in [0.29, 0.717) is 28.9 Å². The van der Waals surface area contributed by atoms with Gasteiger partial charge in [-0.25, -0.2) is 4.98 Å². The molecule has 31 heavy (non-hydrogen) atoms. The van der Waals surface area contributed by atoms with Gasteiger partial charge in [0.15, 0.2) is 0 Å². The summed E-state index contributed by atoms with van der Waals surface area (Å²) in [6.45, 7) is 6.56. The third-order valence-electron chi connectivity index (χ3n) is 4.96. The van der Waals surface area contributed by atoms with Gasteiger partial charge >= 0.3 is 0 Å². The van der Waals surface area contributed by atoms with Crippen LogP contribution in [-0.2, 0) is 6.54 Å². The Kier molecular flexibility index (Phi) is 5.73. The SMILES string of the molecule is CNCc1ccc(-c2nnc(-c3nc(-c4ccc(=O)n(C(C)C)c4)cnc3C)o2)cc1.[HH]. The van der Waals surface area contributed by atoms with Gasteiger partial charge in [0.25, 0.3) is 11.4 Å². The lowest BCUT2D eigenvalue weighted by Crippen LogP contribution is -2.20. The first-order chi connectivity index (χ1) is 15.0.